The molecule has 57 valence electrons. The third-order valence-corrected chi connectivity index (χ3v) is 2.04. The molecule has 0 aliphatic heterocycles. The third-order valence-electron chi connectivity index (χ3n) is 2.04. The van der Waals surface area contributed by atoms with E-state index in [-0.39, 0.29) is 0 Å². The van der Waals surface area contributed by atoms with Crippen LogP contribution in [0.15, 0.2) is 0 Å². The molecular weight excluding hydrogens is 124 g/mol. The molecule has 0 aromatic rings. The van der Waals surface area contributed by atoms with Crippen LogP contribution in [-0.2, 0) is 4.79 Å². The molecule has 0 heterocycles. The normalized spacial score (nSPS) is 26.3. The van der Waals surface area contributed by atoms with Gasteiger partial charge in [-0.25, -0.2) is 0 Å². The first-order chi connectivity index (χ1) is 4.68. The standard InChI is InChI=1S/C9H15O/c1-7(2)5-8-3-4-9(10)6-8/h8H,3-6H2,1-2H3. The number of Topliss-reactive ketones (excluding diaryl/α,β-unsaturated/α-hetero) is 1. The van der Waals surface area contributed by atoms with Crippen LogP contribution < -0.4 is 0 Å². The lowest BCUT2D eigenvalue weighted by molar-refractivity contribution is -0.117. The molecule has 1 fully saturated rings. The molecule has 1 unspecified atom stereocenters. The van der Waals surface area contributed by atoms with Crippen LogP contribution in [0.25, 0.3) is 0 Å². The highest BCUT2D eigenvalue weighted by atomic mass is 16.1. The highest BCUT2D eigenvalue weighted by Crippen LogP contribution is 2.28. The van der Waals surface area contributed by atoms with Gasteiger partial charge >= 0.3 is 0 Å². The van der Waals surface area contributed by atoms with Gasteiger partial charge in [0.25, 0.3) is 0 Å². The Bertz CT molecular complexity index is 127. The van der Waals surface area contributed by atoms with E-state index in [2.05, 4.69) is 13.8 Å². The van der Waals surface area contributed by atoms with E-state index in [1.807, 2.05) is 0 Å². The molecule has 1 saturated carbocycles. The molecule has 1 radical (unpaired) electrons. The van der Waals surface area contributed by atoms with Crippen molar-refractivity contribution in [3.05, 3.63) is 5.92 Å². The second-order valence-corrected chi connectivity index (χ2v) is 3.56. The summed E-state index contributed by atoms with van der Waals surface area (Å²) in [6.45, 7) is 4.28. The van der Waals surface area contributed by atoms with E-state index in [9.17, 15) is 4.79 Å². The van der Waals surface area contributed by atoms with Crippen molar-refractivity contribution in [2.75, 3.05) is 0 Å². The molecule has 1 nitrogen and oxygen atoms in total. The lowest BCUT2D eigenvalue weighted by Gasteiger charge is -2.09. The van der Waals surface area contributed by atoms with Gasteiger partial charge in [0.15, 0.2) is 0 Å². The van der Waals surface area contributed by atoms with Crippen LogP contribution in [-0.4, -0.2) is 5.78 Å². The predicted octanol–water partition coefficient (Wildman–Crippen LogP) is 2.36. The van der Waals surface area contributed by atoms with Crippen molar-refractivity contribution in [3.8, 4) is 0 Å². The zero-order valence-corrected chi connectivity index (χ0v) is 6.81. The number of hydrogen-bond acceptors (Lipinski definition) is 1. The first-order valence-electron chi connectivity index (χ1n) is 3.99. The Labute approximate surface area is 62.8 Å². The smallest absolute Gasteiger partial charge is 0.133 e. The van der Waals surface area contributed by atoms with E-state index >= 15 is 0 Å². The summed E-state index contributed by atoms with van der Waals surface area (Å²) in [5.74, 6) is 2.60. The summed E-state index contributed by atoms with van der Waals surface area (Å²) < 4.78 is 0. The molecule has 0 aromatic heterocycles. The molecule has 1 aliphatic rings. The van der Waals surface area contributed by atoms with Gasteiger partial charge in [-0.3, -0.25) is 4.79 Å². The van der Waals surface area contributed by atoms with Crippen molar-refractivity contribution < 1.29 is 4.79 Å². The molecule has 1 aliphatic carbocycles. The fourth-order valence-corrected chi connectivity index (χ4v) is 1.64. The summed E-state index contributed by atoms with van der Waals surface area (Å²) in [4.78, 5) is 10.8. The van der Waals surface area contributed by atoms with Crippen LogP contribution in [0.1, 0.15) is 39.5 Å². The van der Waals surface area contributed by atoms with Crippen LogP contribution in [0.5, 0.6) is 0 Å². The van der Waals surface area contributed by atoms with Crippen molar-refractivity contribution in [2.24, 2.45) is 5.92 Å². The van der Waals surface area contributed by atoms with Gasteiger partial charge in [0.05, 0.1) is 0 Å². The van der Waals surface area contributed by atoms with Crippen LogP contribution >= 0.6 is 0 Å². The fraction of sp³-hybridized carbons (Fsp3) is 0.778. The molecule has 0 spiro atoms. The quantitative estimate of drug-likeness (QED) is 0.574. The number of rotatable bonds is 2. The fourth-order valence-electron chi connectivity index (χ4n) is 1.64. The molecule has 1 rings (SSSR count). The van der Waals surface area contributed by atoms with Crippen LogP contribution in [0.2, 0.25) is 0 Å². The second-order valence-electron chi connectivity index (χ2n) is 3.56. The van der Waals surface area contributed by atoms with E-state index in [0.29, 0.717) is 11.7 Å². The Morgan fingerprint density at radius 2 is 2.30 bits per heavy atom. The van der Waals surface area contributed by atoms with E-state index in [1.54, 1.807) is 0 Å². The van der Waals surface area contributed by atoms with Gasteiger partial charge in [-0.05, 0) is 24.7 Å². The van der Waals surface area contributed by atoms with Crippen molar-refractivity contribution in [2.45, 2.75) is 39.5 Å². The largest absolute Gasteiger partial charge is 0.300 e. The van der Waals surface area contributed by atoms with E-state index in [0.717, 1.165) is 25.7 Å². The van der Waals surface area contributed by atoms with Crippen molar-refractivity contribution in [1.82, 2.24) is 0 Å². The number of carbonyl (C=O) groups excluding carboxylic acids is 1. The van der Waals surface area contributed by atoms with Gasteiger partial charge < -0.3 is 0 Å². The summed E-state index contributed by atoms with van der Waals surface area (Å²) in [6.07, 6.45) is 3.96. The monoisotopic (exact) mass is 139 g/mol. The molecule has 0 bridgehead atoms. The number of hydrogen-bond donors (Lipinski definition) is 0. The lowest BCUT2D eigenvalue weighted by atomic mass is 9.96. The molecule has 0 N–H and O–H groups in total. The number of carbonyl (C=O) groups is 1. The average molecular weight is 139 g/mol. The molecule has 1 atom stereocenters. The molecule has 10 heavy (non-hydrogen) atoms. The van der Waals surface area contributed by atoms with E-state index < -0.39 is 0 Å². The van der Waals surface area contributed by atoms with Crippen molar-refractivity contribution >= 4 is 5.78 Å². The third kappa shape index (κ3) is 2.13. The van der Waals surface area contributed by atoms with E-state index in [4.69, 9.17) is 0 Å². The predicted molar refractivity (Wildman–Crippen MR) is 41.6 cm³/mol. The summed E-state index contributed by atoms with van der Waals surface area (Å²) in [5.41, 5.74) is 0. The maximum absolute atomic E-state index is 10.8. The highest BCUT2D eigenvalue weighted by Gasteiger charge is 2.22. The van der Waals surface area contributed by atoms with Crippen LogP contribution in [0, 0.1) is 11.8 Å². The Hall–Kier alpha value is -0.330. The van der Waals surface area contributed by atoms with Gasteiger partial charge in [-0.15, -0.1) is 0 Å². The zero-order valence-electron chi connectivity index (χ0n) is 6.81. The Balaban J connectivity index is 2.24. The topological polar surface area (TPSA) is 17.1 Å². The molecule has 0 saturated heterocycles. The van der Waals surface area contributed by atoms with Gasteiger partial charge in [0, 0.05) is 12.8 Å². The van der Waals surface area contributed by atoms with E-state index in [1.165, 1.54) is 5.92 Å². The van der Waals surface area contributed by atoms with Crippen LogP contribution in [0.4, 0.5) is 0 Å². The molecular formula is C9H15O. The minimum Gasteiger partial charge on any atom is -0.300 e. The van der Waals surface area contributed by atoms with Gasteiger partial charge in [-0.1, -0.05) is 13.8 Å². The zero-order chi connectivity index (χ0) is 7.56. The summed E-state index contributed by atoms with van der Waals surface area (Å²) in [5, 5.41) is 0. The Kier molecular flexibility index (Phi) is 2.47. The van der Waals surface area contributed by atoms with Gasteiger partial charge in [-0.2, -0.15) is 0 Å². The average Bonchev–Trinajstić information content (AvgIpc) is 2.13. The van der Waals surface area contributed by atoms with Gasteiger partial charge in [0.2, 0.25) is 0 Å². The summed E-state index contributed by atoms with van der Waals surface area (Å²) >= 11 is 0. The highest BCUT2D eigenvalue weighted by molar-refractivity contribution is 5.80. The first kappa shape index (κ1) is 7.77. The molecule has 0 amide bonds. The Morgan fingerprint density at radius 1 is 1.60 bits per heavy atom. The SMILES string of the molecule is C[C](C)CC1CCC(=O)C1. The minimum atomic E-state index is 0.464. The molecule has 1 heteroatoms. The minimum absolute atomic E-state index is 0.464. The maximum atomic E-state index is 10.8. The summed E-state index contributed by atoms with van der Waals surface area (Å²) in [7, 11) is 0. The van der Waals surface area contributed by atoms with Crippen molar-refractivity contribution in [3.63, 3.8) is 0 Å². The van der Waals surface area contributed by atoms with Gasteiger partial charge in [0.1, 0.15) is 5.78 Å². The second kappa shape index (κ2) is 3.18. The maximum Gasteiger partial charge on any atom is 0.133 e. The summed E-state index contributed by atoms with van der Waals surface area (Å²) in [6, 6.07) is 0. The first-order valence-corrected chi connectivity index (χ1v) is 3.99. The lowest BCUT2D eigenvalue weighted by Crippen LogP contribution is -1.98. The number of ketones is 1. The Morgan fingerprint density at radius 3 is 2.70 bits per heavy atom. The molecule has 0 aromatic carbocycles. The van der Waals surface area contributed by atoms with Crippen molar-refractivity contribution in [1.29, 1.82) is 0 Å². The van der Waals surface area contributed by atoms with Crippen LogP contribution in [0.3, 0.4) is 0 Å².